The number of rotatable bonds is 5. The minimum absolute atomic E-state index is 0.814. The van der Waals surface area contributed by atoms with Gasteiger partial charge in [-0.2, -0.15) is 0 Å². The molecule has 2 rings (SSSR count). The van der Waals surface area contributed by atoms with Crippen molar-refractivity contribution in [3.05, 3.63) is 0 Å². The molecule has 1 N–H and O–H groups in total. The molecule has 2 fully saturated rings. The topological polar surface area (TPSA) is 15.3 Å². The van der Waals surface area contributed by atoms with Crippen LogP contribution in [0.3, 0.4) is 0 Å². The maximum atomic E-state index is 3.76. The Balaban J connectivity index is 1.56. The van der Waals surface area contributed by atoms with Crippen LogP contribution in [-0.2, 0) is 0 Å². The first-order valence-corrected chi connectivity index (χ1v) is 7.75. The summed E-state index contributed by atoms with van der Waals surface area (Å²) in [5.74, 6) is 0.906. The van der Waals surface area contributed by atoms with Gasteiger partial charge in [-0.15, -0.1) is 0 Å². The van der Waals surface area contributed by atoms with Gasteiger partial charge in [0.1, 0.15) is 0 Å². The molecule has 0 aromatic carbocycles. The smallest absolute Gasteiger partial charge is 0.00927 e. The molecule has 2 aliphatic rings. The summed E-state index contributed by atoms with van der Waals surface area (Å²) in [6.07, 6.45) is 9.86. The van der Waals surface area contributed by atoms with Crippen LogP contribution < -0.4 is 5.32 Å². The molecule has 100 valence electrons. The third-order valence-electron chi connectivity index (χ3n) is 4.83. The minimum atomic E-state index is 0.814. The van der Waals surface area contributed by atoms with Crippen molar-refractivity contribution in [2.75, 3.05) is 19.6 Å². The number of piperidine rings is 1. The lowest BCUT2D eigenvalue weighted by molar-refractivity contribution is 0.158. The van der Waals surface area contributed by atoms with E-state index in [1.54, 1.807) is 0 Å². The Morgan fingerprint density at radius 1 is 1.06 bits per heavy atom. The monoisotopic (exact) mass is 238 g/mol. The first-order chi connectivity index (χ1) is 8.27. The third kappa shape index (κ3) is 3.96. The average Bonchev–Trinajstić information content (AvgIpc) is 2.73. The molecule has 0 aromatic rings. The van der Waals surface area contributed by atoms with E-state index in [1.807, 2.05) is 0 Å². The van der Waals surface area contributed by atoms with Crippen LogP contribution in [0.25, 0.3) is 0 Å². The lowest BCUT2D eigenvalue weighted by atomic mass is 10.0. The quantitative estimate of drug-likeness (QED) is 0.741. The maximum absolute atomic E-state index is 3.76. The van der Waals surface area contributed by atoms with Crippen molar-refractivity contribution in [2.45, 2.75) is 70.9 Å². The molecule has 1 aliphatic heterocycles. The van der Waals surface area contributed by atoms with Crippen LogP contribution in [-0.4, -0.2) is 36.6 Å². The average molecular weight is 238 g/mol. The molecule has 1 saturated carbocycles. The Kier molecular flexibility index (Phi) is 5.30. The van der Waals surface area contributed by atoms with Crippen LogP contribution in [0.2, 0.25) is 0 Å². The molecule has 1 heterocycles. The fourth-order valence-electron chi connectivity index (χ4n) is 3.51. The summed E-state index contributed by atoms with van der Waals surface area (Å²) in [4.78, 5) is 2.68. The van der Waals surface area contributed by atoms with Gasteiger partial charge in [0.2, 0.25) is 0 Å². The predicted molar refractivity (Wildman–Crippen MR) is 74.3 cm³/mol. The maximum Gasteiger partial charge on any atom is 0.00927 e. The highest BCUT2D eigenvalue weighted by Gasteiger charge is 2.22. The summed E-state index contributed by atoms with van der Waals surface area (Å²) in [5.41, 5.74) is 0. The van der Waals surface area contributed by atoms with Gasteiger partial charge in [-0.05, 0) is 64.6 Å². The first kappa shape index (κ1) is 13.4. The molecule has 0 amide bonds. The van der Waals surface area contributed by atoms with E-state index in [0.29, 0.717) is 0 Å². The minimum Gasteiger partial charge on any atom is -0.314 e. The summed E-state index contributed by atoms with van der Waals surface area (Å²) < 4.78 is 0. The van der Waals surface area contributed by atoms with Crippen molar-refractivity contribution >= 4 is 0 Å². The van der Waals surface area contributed by atoms with Crippen LogP contribution in [0.1, 0.15) is 58.8 Å². The molecule has 1 saturated heterocycles. The first-order valence-electron chi connectivity index (χ1n) is 7.75. The van der Waals surface area contributed by atoms with Gasteiger partial charge in [0.25, 0.3) is 0 Å². The second kappa shape index (κ2) is 6.75. The number of hydrogen-bond donors (Lipinski definition) is 1. The van der Waals surface area contributed by atoms with Crippen molar-refractivity contribution < 1.29 is 0 Å². The van der Waals surface area contributed by atoms with Gasteiger partial charge in [0.05, 0.1) is 0 Å². The van der Waals surface area contributed by atoms with Gasteiger partial charge in [-0.3, -0.25) is 0 Å². The Hall–Kier alpha value is -0.0800. The van der Waals surface area contributed by atoms with Gasteiger partial charge in [0, 0.05) is 12.1 Å². The second-order valence-electron chi connectivity index (χ2n) is 6.20. The molecular weight excluding hydrogens is 208 g/mol. The molecule has 3 atom stereocenters. The standard InChI is InChI=1S/C15H30N2/c1-13-7-5-9-15(13)16-10-6-12-17-11-4-3-8-14(17)2/h13-16H,3-12H2,1-2H3. The normalized spacial score (nSPS) is 35.3. The van der Waals surface area contributed by atoms with Crippen molar-refractivity contribution in [3.8, 4) is 0 Å². The van der Waals surface area contributed by atoms with E-state index in [1.165, 1.54) is 64.6 Å². The highest BCUT2D eigenvalue weighted by molar-refractivity contribution is 4.80. The lowest BCUT2D eigenvalue weighted by Gasteiger charge is -2.33. The van der Waals surface area contributed by atoms with Crippen LogP contribution in [0.5, 0.6) is 0 Å². The van der Waals surface area contributed by atoms with Gasteiger partial charge >= 0.3 is 0 Å². The van der Waals surface area contributed by atoms with E-state index >= 15 is 0 Å². The van der Waals surface area contributed by atoms with Crippen molar-refractivity contribution in [3.63, 3.8) is 0 Å². The number of nitrogens with one attached hydrogen (secondary N) is 1. The summed E-state index contributed by atoms with van der Waals surface area (Å²) in [5, 5.41) is 3.76. The molecule has 0 aromatic heterocycles. The van der Waals surface area contributed by atoms with Crippen molar-refractivity contribution in [1.29, 1.82) is 0 Å². The molecule has 1 aliphatic carbocycles. The number of nitrogens with zero attached hydrogens (tertiary/aromatic N) is 1. The van der Waals surface area contributed by atoms with E-state index in [2.05, 4.69) is 24.1 Å². The van der Waals surface area contributed by atoms with Gasteiger partial charge < -0.3 is 10.2 Å². The predicted octanol–water partition coefficient (Wildman–Crippen LogP) is 3.03. The SMILES string of the molecule is CC1CCCC1NCCCN1CCCCC1C. The zero-order chi connectivity index (χ0) is 12.1. The molecule has 17 heavy (non-hydrogen) atoms. The largest absolute Gasteiger partial charge is 0.314 e. The molecule has 0 spiro atoms. The van der Waals surface area contributed by atoms with Crippen molar-refractivity contribution in [2.24, 2.45) is 5.92 Å². The van der Waals surface area contributed by atoms with E-state index in [4.69, 9.17) is 0 Å². The molecule has 0 radical (unpaired) electrons. The van der Waals surface area contributed by atoms with Crippen LogP contribution in [0, 0.1) is 5.92 Å². The Bertz CT molecular complexity index is 217. The summed E-state index contributed by atoms with van der Waals surface area (Å²) in [6.45, 7) is 8.65. The fourth-order valence-corrected chi connectivity index (χ4v) is 3.51. The van der Waals surface area contributed by atoms with Gasteiger partial charge in [-0.1, -0.05) is 19.8 Å². The van der Waals surface area contributed by atoms with Crippen LogP contribution in [0.15, 0.2) is 0 Å². The zero-order valence-electron chi connectivity index (χ0n) is 11.8. The lowest BCUT2D eigenvalue weighted by Crippen LogP contribution is -2.40. The number of likely N-dealkylation sites (tertiary alicyclic amines) is 1. The zero-order valence-corrected chi connectivity index (χ0v) is 11.8. The van der Waals surface area contributed by atoms with Crippen LogP contribution >= 0.6 is 0 Å². The molecule has 0 bridgehead atoms. The Morgan fingerprint density at radius 3 is 2.65 bits per heavy atom. The Labute approximate surface area is 107 Å². The summed E-state index contributed by atoms with van der Waals surface area (Å²) in [6, 6.07) is 1.64. The van der Waals surface area contributed by atoms with Crippen molar-refractivity contribution in [1.82, 2.24) is 10.2 Å². The van der Waals surface area contributed by atoms with E-state index in [-0.39, 0.29) is 0 Å². The molecule has 2 nitrogen and oxygen atoms in total. The van der Waals surface area contributed by atoms with Gasteiger partial charge in [-0.25, -0.2) is 0 Å². The molecular formula is C15H30N2. The second-order valence-corrected chi connectivity index (χ2v) is 6.20. The van der Waals surface area contributed by atoms with E-state index < -0.39 is 0 Å². The summed E-state index contributed by atoms with van der Waals surface area (Å²) >= 11 is 0. The molecule has 3 unspecified atom stereocenters. The number of hydrogen-bond acceptors (Lipinski definition) is 2. The fraction of sp³-hybridized carbons (Fsp3) is 1.00. The highest BCUT2D eigenvalue weighted by Crippen LogP contribution is 2.24. The Morgan fingerprint density at radius 2 is 1.94 bits per heavy atom. The highest BCUT2D eigenvalue weighted by atomic mass is 15.2. The van der Waals surface area contributed by atoms with Crippen LogP contribution in [0.4, 0.5) is 0 Å². The third-order valence-corrected chi connectivity index (χ3v) is 4.83. The summed E-state index contributed by atoms with van der Waals surface area (Å²) in [7, 11) is 0. The van der Waals surface area contributed by atoms with E-state index in [0.717, 1.165) is 18.0 Å². The molecule has 2 heteroatoms. The van der Waals surface area contributed by atoms with Gasteiger partial charge in [0.15, 0.2) is 0 Å². The van der Waals surface area contributed by atoms with E-state index in [9.17, 15) is 0 Å².